The Balaban J connectivity index is 0.000000404. The summed E-state index contributed by atoms with van der Waals surface area (Å²) in [6, 6.07) is 5.87. The molecule has 2 aliphatic rings. The molecule has 3 atom stereocenters. The van der Waals surface area contributed by atoms with Crippen LogP contribution in [0.2, 0.25) is 0 Å². The van der Waals surface area contributed by atoms with Gasteiger partial charge < -0.3 is 25.2 Å². The Hall–Kier alpha value is -2.94. The molecular weight excluding hydrogens is 516 g/mol. The van der Waals surface area contributed by atoms with Crippen molar-refractivity contribution in [1.29, 1.82) is 0 Å². The maximum atomic E-state index is 12.2. The number of carboxylic acids is 2. The highest BCUT2D eigenvalue weighted by Gasteiger charge is 2.41. The van der Waals surface area contributed by atoms with E-state index in [1.807, 2.05) is 18.2 Å². The molecule has 37 heavy (non-hydrogen) atoms. The zero-order valence-corrected chi connectivity index (χ0v) is 19.9. The van der Waals surface area contributed by atoms with Crippen molar-refractivity contribution in [3.8, 4) is 0 Å². The molecule has 1 aromatic heterocycles. The number of alkyl halides is 6. The molecule has 0 unspecified atom stereocenters. The van der Waals surface area contributed by atoms with Gasteiger partial charge in [0.1, 0.15) is 0 Å². The van der Waals surface area contributed by atoms with Crippen molar-refractivity contribution in [2.24, 2.45) is 17.8 Å². The second-order valence-corrected chi connectivity index (χ2v) is 8.30. The van der Waals surface area contributed by atoms with Crippen LogP contribution < -0.4 is 5.32 Å². The summed E-state index contributed by atoms with van der Waals surface area (Å²) in [6.07, 6.45) is -7.01. The average molecular weight is 545 g/mol. The van der Waals surface area contributed by atoms with Gasteiger partial charge in [-0.05, 0) is 36.4 Å². The molecule has 0 radical (unpaired) electrons. The number of ether oxygens (including phenoxy) is 1. The van der Waals surface area contributed by atoms with Crippen LogP contribution >= 0.6 is 0 Å². The van der Waals surface area contributed by atoms with Crippen molar-refractivity contribution in [1.82, 2.24) is 15.2 Å². The number of carbonyl (C=O) groups is 3. The second-order valence-electron chi connectivity index (χ2n) is 8.30. The Labute approximate surface area is 208 Å². The molecule has 2 aliphatic heterocycles. The van der Waals surface area contributed by atoms with Crippen molar-refractivity contribution in [2.75, 3.05) is 39.4 Å². The SMILES string of the molecule is CCN1C[C@@H]2COC[C@@H](CC(=O)NCCc3ccccn3)[C@@H]2C1.O=C(O)C(F)(F)F.O=C(O)C(F)(F)F. The smallest absolute Gasteiger partial charge is 0.475 e. The largest absolute Gasteiger partial charge is 0.490 e. The van der Waals surface area contributed by atoms with Crippen molar-refractivity contribution < 1.29 is 55.7 Å². The molecule has 210 valence electrons. The maximum absolute atomic E-state index is 12.2. The molecular formula is C22H29F6N3O6. The van der Waals surface area contributed by atoms with E-state index >= 15 is 0 Å². The zero-order chi connectivity index (χ0) is 28.2. The quantitative estimate of drug-likeness (QED) is 0.466. The van der Waals surface area contributed by atoms with Crippen LogP contribution in [-0.2, 0) is 25.5 Å². The molecule has 0 saturated carbocycles. The first kappa shape index (κ1) is 32.1. The topological polar surface area (TPSA) is 129 Å². The normalized spacial score (nSPS) is 21.4. The van der Waals surface area contributed by atoms with Crippen molar-refractivity contribution in [3.63, 3.8) is 0 Å². The highest BCUT2D eigenvalue weighted by Crippen LogP contribution is 2.35. The van der Waals surface area contributed by atoms with E-state index in [9.17, 15) is 31.1 Å². The Kier molecular flexibility index (Phi) is 12.8. The lowest BCUT2D eigenvalue weighted by atomic mass is 9.81. The fourth-order valence-electron chi connectivity index (χ4n) is 3.85. The van der Waals surface area contributed by atoms with E-state index in [1.165, 1.54) is 0 Å². The molecule has 1 amide bonds. The molecule has 2 fully saturated rings. The number of hydrogen-bond acceptors (Lipinski definition) is 6. The minimum Gasteiger partial charge on any atom is -0.475 e. The number of nitrogens with one attached hydrogen (secondary N) is 1. The highest BCUT2D eigenvalue weighted by atomic mass is 19.4. The van der Waals surface area contributed by atoms with Crippen molar-refractivity contribution >= 4 is 17.8 Å². The Morgan fingerprint density at radius 3 is 2.14 bits per heavy atom. The monoisotopic (exact) mass is 545 g/mol. The number of amides is 1. The number of carboxylic acid groups (broad SMARTS) is 2. The van der Waals surface area contributed by atoms with E-state index in [0.29, 0.717) is 30.7 Å². The molecule has 3 rings (SSSR count). The molecule has 3 N–H and O–H groups in total. The van der Waals surface area contributed by atoms with Crippen LogP contribution in [0, 0.1) is 17.8 Å². The van der Waals surface area contributed by atoms with Crippen molar-refractivity contribution in [2.45, 2.75) is 32.1 Å². The van der Waals surface area contributed by atoms with E-state index < -0.39 is 24.3 Å². The lowest BCUT2D eigenvalue weighted by Crippen LogP contribution is -2.38. The predicted molar refractivity (Wildman–Crippen MR) is 116 cm³/mol. The maximum Gasteiger partial charge on any atom is 0.490 e. The first-order chi connectivity index (χ1) is 17.1. The zero-order valence-electron chi connectivity index (χ0n) is 19.9. The summed E-state index contributed by atoms with van der Waals surface area (Å²) < 4.78 is 69.2. The van der Waals surface area contributed by atoms with Gasteiger partial charge in [0.05, 0.1) is 13.2 Å². The Morgan fingerprint density at radius 1 is 1.05 bits per heavy atom. The van der Waals surface area contributed by atoms with Gasteiger partial charge in [-0.1, -0.05) is 13.0 Å². The minimum atomic E-state index is -5.08. The lowest BCUT2D eigenvalue weighted by Gasteiger charge is -2.32. The molecule has 0 aliphatic carbocycles. The molecule has 0 bridgehead atoms. The number of rotatable bonds is 6. The lowest BCUT2D eigenvalue weighted by molar-refractivity contribution is -0.193. The third kappa shape index (κ3) is 12.2. The van der Waals surface area contributed by atoms with Gasteiger partial charge >= 0.3 is 24.3 Å². The van der Waals surface area contributed by atoms with E-state index in [1.54, 1.807) is 6.20 Å². The molecule has 1 aromatic rings. The summed E-state index contributed by atoms with van der Waals surface area (Å²) in [7, 11) is 0. The number of aromatic nitrogens is 1. The predicted octanol–water partition coefficient (Wildman–Crippen LogP) is 2.61. The Bertz CT molecular complexity index is 845. The van der Waals surface area contributed by atoms with E-state index in [2.05, 4.69) is 22.1 Å². The van der Waals surface area contributed by atoms with E-state index in [4.69, 9.17) is 24.5 Å². The van der Waals surface area contributed by atoms with Crippen LogP contribution in [0.1, 0.15) is 19.0 Å². The van der Waals surface area contributed by atoms with Gasteiger partial charge in [-0.3, -0.25) is 9.78 Å². The van der Waals surface area contributed by atoms with Crippen LogP contribution in [0.15, 0.2) is 24.4 Å². The highest BCUT2D eigenvalue weighted by molar-refractivity contribution is 5.76. The summed E-state index contributed by atoms with van der Waals surface area (Å²) in [6.45, 7) is 7.78. The van der Waals surface area contributed by atoms with E-state index in [0.717, 1.165) is 45.0 Å². The second kappa shape index (κ2) is 14.7. The number of carbonyl (C=O) groups excluding carboxylic acids is 1. The van der Waals surface area contributed by atoms with E-state index in [-0.39, 0.29) is 5.91 Å². The fraction of sp³-hybridized carbons (Fsp3) is 0.636. The van der Waals surface area contributed by atoms with Crippen molar-refractivity contribution in [3.05, 3.63) is 30.1 Å². The molecule has 9 nitrogen and oxygen atoms in total. The van der Waals surface area contributed by atoms with Gasteiger partial charge in [-0.15, -0.1) is 0 Å². The first-order valence-corrected chi connectivity index (χ1v) is 11.2. The standard InChI is InChI=1S/C18H27N3O2.2C2HF3O2/c1-2-21-10-15-13-23-12-14(17(15)11-21)9-18(22)20-8-6-16-5-3-4-7-19-16;2*3-2(4,5)1(6)7/h3-5,7,14-15,17H,2,6,8-13H2,1H3,(H,20,22);2*(H,6,7)/t14-,15-,17+;;/m1../s1. The molecule has 2 saturated heterocycles. The average Bonchev–Trinajstić information content (AvgIpc) is 3.24. The van der Waals surface area contributed by atoms with Crippen LogP contribution in [0.25, 0.3) is 0 Å². The number of fused-ring (bicyclic) bond motifs is 1. The number of pyridine rings is 1. The van der Waals surface area contributed by atoms with Gasteiger partial charge in [-0.25, -0.2) is 9.59 Å². The van der Waals surface area contributed by atoms with Gasteiger partial charge in [0.2, 0.25) is 5.91 Å². The molecule has 0 spiro atoms. The Morgan fingerprint density at radius 2 is 1.65 bits per heavy atom. The fourth-order valence-corrected chi connectivity index (χ4v) is 3.85. The van der Waals surface area contributed by atoms with Crippen LogP contribution in [0.4, 0.5) is 26.3 Å². The summed E-state index contributed by atoms with van der Waals surface area (Å²) in [5.74, 6) is -3.79. The third-order valence-corrected chi connectivity index (χ3v) is 5.65. The number of nitrogens with zero attached hydrogens (tertiary/aromatic N) is 2. The van der Waals surface area contributed by atoms with Crippen LogP contribution in [0.3, 0.4) is 0 Å². The third-order valence-electron chi connectivity index (χ3n) is 5.65. The minimum absolute atomic E-state index is 0.144. The molecule has 3 heterocycles. The van der Waals surface area contributed by atoms with Gasteiger partial charge in [0.15, 0.2) is 0 Å². The van der Waals surface area contributed by atoms with Gasteiger partial charge in [-0.2, -0.15) is 26.3 Å². The van der Waals surface area contributed by atoms with Crippen LogP contribution in [0.5, 0.6) is 0 Å². The summed E-state index contributed by atoms with van der Waals surface area (Å²) in [4.78, 5) is 36.8. The number of hydrogen-bond donors (Lipinski definition) is 3. The number of likely N-dealkylation sites (tertiary alicyclic amines) is 1. The molecule has 15 heteroatoms. The van der Waals surface area contributed by atoms with Gasteiger partial charge in [0, 0.05) is 44.4 Å². The van der Waals surface area contributed by atoms with Gasteiger partial charge in [0.25, 0.3) is 0 Å². The number of halogens is 6. The number of aliphatic carboxylic acids is 2. The van der Waals surface area contributed by atoms with Crippen LogP contribution in [-0.4, -0.2) is 89.7 Å². The molecule has 0 aromatic carbocycles. The first-order valence-electron chi connectivity index (χ1n) is 11.2. The summed E-state index contributed by atoms with van der Waals surface area (Å²) >= 11 is 0. The summed E-state index contributed by atoms with van der Waals surface area (Å²) in [5, 5.41) is 17.3. The summed E-state index contributed by atoms with van der Waals surface area (Å²) in [5.41, 5.74) is 1.02.